The molecule has 5 nitrogen and oxygen atoms in total. The maximum atomic E-state index is 13.6. The molecule has 0 atom stereocenters. The van der Waals surface area contributed by atoms with E-state index in [-0.39, 0.29) is 30.2 Å². The predicted octanol–water partition coefficient (Wildman–Crippen LogP) is 1.91. The Morgan fingerprint density at radius 1 is 1.35 bits per heavy atom. The van der Waals surface area contributed by atoms with E-state index >= 15 is 0 Å². The van der Waals surface area contributed by atoms with Crippen LogP contribution in [0.1, 0.15) is 30.1 Å². The summed E-state index contributed by atoms with van der Waals surface area (Å²) in [6.07, 6.45) is 0.643. The van der Waals surface area contributed by atoms with Crippen LogP contribution in [0.2, 0.25) is 0 Å². The molecule has 1 N–H and O–H groups in total. The first-order chi connectivity index (χ1) is 9.60. The normalized spacial score (nSPS) is 9.95. The molecule has 110 valence electrons. The molecular weight excluding hydrogens is 265 g/mol. The quantitative estimate of drug-likeness (QED) is 0.613. The maximum absolute atomic E-state index is 13.6. The van der Waals surface area contributed by atoms with E-state index in [2.05, 4.69) is 5.32 Å². The van der Waals surface area contributed by atoms with Crippen molar-refractivity contribution in [2.24, 2.45) is 0 Å². The molecule has 6 heteroatoms. The van der Waals surface area contributed by atoms with E-state index in [1.165, 1.54) is 25.3 Å². The Morgan fingerprint density at radius 2 is 2.10 bits per heavy atom. The second kappa shape index (κ2) is 8.14. The summed E-state index contributed by atoms with van der Waals surface area (Å²) in [5.41, 5.74) is -0.133. The van der Waals surface area contributed by atoms with Crippen LogP contribution in [0.5, 0.6) is 5.75 Å². The molecule has 0 aromatic heterocycles. The predicted molar refractivity (Wildman–Crippen MR) is 71.2 cm³/mol. The fraction of sp³-hybridized carbons (Fsp3) is 0.429. The van der Waals surface area contributed by atoms with Crippen LogP contribution in [-0.4, -0.2) is 32.1 Å². The zero-order valence-electron chi connectivity index (χ0n) is 11.6. The molecule has 0 spiro atoms. The molecule has 1 aromatic rings. The third-order valence-electron chi connectivity index (χ3n) is 2.57. The summed E-state index contributed by atoms with van der Waals surface area (Å²) < 4.78 is 23.3. The lowest BCUT2D eigenvalue weighted by molar-refractivity contribution is -0.143. The van der Waals surface area contributed by atoms with Crippen LogP contribution in [0.3, 0.4) is 0 Å². The number of rotatable bonds is 7. The van der Waals surface area contributed by atoms with Crippen LogP contribution >= 0.6 is 0 Å². The van der Waals surface area contributed by atoms with Gasteiger partial charge in [-0.15, -0.1) is 0 Å². The average molecular weight is 283 g/mol. The minimum absolute atomic E-state index is 0.133. The second-order valence-electron chi connectivity index (χ2n) is 3.98. The van der Waals surface area contributed by atoms with E-state index < -0.39 is 11.7 Å². The summed E-state index contributed by atoms with van der Waals surface area (Å²) in [5, 5.41) is 2.55. The number of amides is 1. The zero-order chi connectivity index (χ0) is 15.0. The Morgan fingerprint density at radius 3 is 2.75 bits per heavy atom. The van der Waals surface area contributed by atoms with Crippen LogP contribution in [0.15, 0.2) is 18.2 Å². The van der Waals surface area contributed by atoms with Crippen molar-refractivity contribution in [3.05, 3.63) is 29.6 Å². The van der Waals surface area contributed by atoms with Gasteiger partial charge in [0.25, 0.3) is 5.91 Å². The van der Waals surface area contributed by atoms with Crippen molar-refractivity contribution in [3.63, 3.8) is 0 Å². The van der Waals surface area contributed by atoms with Crippen LogP contribution in [0.4, 0.5) is 4.39 Å². The third kappa shape index (κ3) is 4.53. The maximum Gasteiger partial charge on any atom is 0.305 e. The van der Waals surface area contributed by atoms with E-state index in [4.69, 9.17) is 9.47 Å². The average Bonchev–Trinajstić information content (AvgIpc) is 2.43. The second-order valence-corrected chi connectivity index (χ2v) is 3.98. The first-order valence-corrected chi connectivity index (χ1v) is 6.36. The van der Waals surface area contributed by atoms with E-state index in [1.54, 1.807) is 6.92 Å². The number of carbonyl (C=O) groups excluding carboxylic acids is 2. The molecule has 0 bridgehead atoms. The Labute approximate surface area is 117 Å². The van der Waals surface area contributed by atoms with Gasteiger partial charge in [0.15, 0.2) is 0 Å². The number of esters is 1. The third-order valence-corrected chi connectivity index (χ3v) is 2.57. The molecule has 0 saturated heterocycles. The van der Waals surface area contributed by atoms with Gasteiger partial charge in [0.05, 0.1) is 13.7 Å². The molecule has 1 amide bonds. The SMILES string of the molecule is CCOC(=O)CCCNC(=O)c1c(F)cccc1OC. The number of benzene rings is 1. The molecule has 1 rings (SSSR count). The molecule has 20 heavy (non-hydrogen) atoms. The van der Waals surface area contributed by atoms with Crippen molar-refractivity contribution >= 4 is 11.9 Å². The van der Waals surface area contributed by atoms with Gasteiger partial charge in [-0.2, -0.15) is 0 Å². The van der Waals surface area contributed by atoms with Crippen molar-refractivity contribution < 1.29 is 23.5 Å². The highest BCUT2D eigenvalue weighted by Crippen LogP contribution is 2.20. The number of carbonyl (C=O) groups is 2. The highest BCUT2D eigenvalue weighted by molar-refractivity contribution is 5.97. The van der Waals surface area contributed by atoms with Gasteiger partial charge in [-0.25, -0.2) is 4.39 Å². The van der Waals surface area contributed by atoms with Crippen molar-refractivity contribution in [2.75, 3.05) is 20.3 Å². The molecular formula is C14H18FNO4. The van der Waals surface area contributed by atoms with Gasteiger partial charge in [0.2, 0.25) is 0 Å². The van der Waals surface area contributed by atoms with Crippen molar-refractivity contribution in [1.82, 2.24) is 5.32 Å². The van der Waals surface area contributed by atoms with Crippen LogP contribution < -0.4 is 10.1 Å². The van der Waals surface area contributed by atoms with Gasteiger partial charge in [0.1, 0.15) is 17.1 Å². The Balaban J connectivity index is 2.50. The number of nitrogens with one attached hydrogen (secondary N) is 1. The fourth-order valence-corrected chi connectivity index (χ4v) is 1.65. The molecule has 0 aliphatic rings. The molecule has 0 aliphatic carbocycles. The molecule has 0 saturated carbocycles. The lowest BCUT2D eigenvalue weighted by Gasteiger charge is -2.10. The summed E-state index contributed by atoms with van der Waals surface area (Å²) in [6.45, 7) is 2.32. The van der Waals surface area contributed by atoms with Crippen LogP contribution in [0.25, 0.3) is 0 Å². The highest BCUT2D eigenvalue weighted by Gasteiger charge is 2.16. The zero-order valence-corrected chi connectivity index (χ0v) is 11.6. The van der Waals surface area contributed by atoms with Gasteiger partial charge in [-0.05, 0) is 25.5 Å². The number of ether oxygens (including phenoxy) is 2. The monoisotopic (exact) mass is 283 g/mol. The summed E-state index contributed by atoms with van der Waals surface area (Å²) in [7, 11) is 1.37. The fourth-order valence-electron chi connectivity index (χ4n) is 1.65. The molecule has 0 radical (unpaired) electrons. The number of hydrogen-bond donors (Lipinski definition) is 1. The van der Waals surface area contributed by atoms with E-state index in [9.17, 15) is 14.0 Å². The Hall–Kier alpha value is -2.11. The van der Waals surface area contributed by atoms with Crippen LogP contribution in [-0.2, 0) is 9.53 Å². The van der Waals surface area contributed by atoms with E-state index in [0.717, 1.165) is 0 Å². The number of hydrogen-bond acceptors (Lipinski definition) is 4. The van der Waals surface area contributed by atoms with Gasteiger partial charge in [0, 0.05) is 13.0 Å². The van der Waals surface area contributed by atoms with Gasteiger partial charge >= 0.3 is 5.97 Å². The van der Waals surface area contributed by atoms with Gasteiger partial charge in [-0.3, -0.25) is 9.59 Å². The standard InChI is InChI=1S/C14H18FNO4/c1-3-20-12(17)8-5-9-16-14(18)13-10(15)6-4-7-11(13)19-2/h4,6-7H,3,5,8-9H2,1-2H3,(H,16,18). The molecule has 0 unspecified atom stereocenters. The smallest absolute Gasteiger partial charge is 0.305 e. The first kappa shape index (κ1) is 15.9. The van der Waals surface area contributed by atoms with E-state index in [1.807, 2.05) is 0 Å². The lowest BCUT2D eigenvalue weighted by atomic mass is 10.1. The van der Waals surface area contributed by atoms with E-state index in [0.29, 0.717) is 13.0 Å². The van der Waals surface area contributed by atoms with Crippen molar-refractivity contribution in [2.45, 2.75) is 19.8 Å². The Bertz CT molecular complexity index is 476. The van der Waals surface area contributed by atoms with Crippen LogP contribution in [0, 0.1) is 5.82 Å². The molecule has 0 fully saturated rings. The van der Waals surface area contributed by atoms with Gasteiger partial charge in [-0.1, -0.05) is 6.07 Å². The summed E-state index contributed by atoms with van der Waals surface area (Å²) in [4.78, 5) is 23.0. The minimum Gasteiger partial charge on any atom is -0.496 e. The lowest BCUT2D eigenvalue weighted by Crippen LogP contribution is -2.26. The number of methoxy groups -OCH3 is 1. The molecule has 0 heterocycles. The number of halogens is 1. The largest absolute Gasteiger partial charge is 0.496 e. The topological polar surface area (TPSA) is 64.6 Å². The Kier molecular flexibility index (Phi) is 6.49. The molecule has 0 aliphatic heterocycles. The van der Waals surface area contributed by atoms with Crippen molar-refractivity contribution in [1.29, 1.82) is 0 Å². The summed E-state index contributed by atoms with van der Waals surface area (Å²) in [5.74, 6) is -1.35. The summed E-state index contributed by atoms with van der Waals surface area (Å²) in [6, 6.07) is 4.17. The van der Waals surface area contributed by atoms with Crippen molar-refractivity contribution in [3.8, 4) is 5.75 Å². The van der Waals surface area contributed by atoms with Gasteiger partial charge < -0.3 is 14.8 Å². The first-order valence-electron chi connectivity index (χ1n) is 6.36. The summed E-state index contributed by atoms with van der Waals surface area (Å²) >= 11 is 0. The highest BCUT2D eigenvalue weighted by atomic mass is 19.1. The minimum atomic E-state index is -0.646. The molecule has 1 aromatic carbocycles.